The highest BCUT2D eigenvalue weighted by molar-refractivity contribution is 14.1. The summed E-state index contributed by atoms with van der Waals surface area (Å²) in [5.41, 5.74) is 6.07. The number of likely N-dealkylation sites (tertiary alicyclic amines) is 1. The third kappa shape index (κ3) is 4.41. The molecule has 1 unspecified atom stereocenters. The second-order valence-corrected chi connectivity index (χ2v) is 6.42. The highest BCUT2D eigenvalue weighted by Gasteiger charge is 2.28. The Bertz CT molecular complexity index is 504. The van der Waals surface area contributed by atoms with Gasteiger partial charge in [0.2, 0.25) is 5.91 Å². The third-order valence-corrected chi connectivity index (χ3v) is 4.33. The van der Waals surface area contributed by atoms with Crippen LogP contribution >= 0.6 is 22.6 Å². The highest BCUT2D eigenvalue weighted by atomic mass is 127. The zero-order chi connectivity index (χ0) is 15.2. The molecule has 1 aliphatic heterocycles. The standard InChI is InChI=1S/C15H20IN3O2/c16-13-5-3-11(4-6-13)15(21)19-9-1-2-12(10-19)14(20)18-8-7-17/h3-6,12H,1-2,7-10,17H2,(H,18,20). The van der Waals surface area contributed by atoms with E-state index in [1.807, 2.05) is 24.3 Å². The minimum absolute atomic E-state index is 0.000519. The summed E-state index contributed by atoms with van der Waals surface area (Å²) in [4.78, 5) is 26.2. The van der Waals surface area contributed by atoms with Gasteiger partial charge < -0.3 is 16.0 Å². The van der Waals surface area contributed by atoms with Crippen LogP contribution in [0.1, 0.15) is 23.2 Å². The molecule has 0 bridgehead atoms. The molecule has 1 fully saturated rings. The fourth-order valence-electron chi connectivity index (χ4n) is 2.49. The number of carbonyl (C=O) groups excluding carboxylic acids is 2. The number of benzene rings is 1. The first-order valence-corrected chi connectivity index (χ1v) is 8.22. The van der Waals surface area contributed by atoms with E-state index in [2.05, 4.69) is 27.9 Å². The third-order valence-electron chi connectivity index (χ3n) is 3.61. The second-order valence-electron chi connectivity index (χ2n) is 5.18. The van der Waals surface area contributed by atoms with Gasteiger partial charge in [-0.25, -0.2) is 0 Å². The van der Waals surface area contributed by atoms with Crippen LogP contribution in [0.15, 0.2) is 24.3 Å². The minimum Gasteiger partial charge on any atom is -0.355 e. The summed E-state index contributed by atoms with van der Waals surface area (Å²) in [6.07, 6.45) is 1.68. The number of nitrogens with two attached hydrogens (primary N) is 1. The van der Waals surface area contributed by atoms with E-state index in [4.69, 9.17) is 5.73 Å². The van der Waals surface area contributed by atoms with Gasteiger partial charge in [0.05, 0.1) is 5.92 Å². The number of nitrogens with one attached hydrogen (secondary N) is 1. The lowest BCUT2D eigenvalue weighted by Gasteiger charge is -2.32. The molecule has 21 heavy (non-hydrogen) atoms. The summed E-state index contributed by atoms with van der Waals surface area (Å²) in [5, 5.41) is 2.81. The maximum Gasteiger partial charge on any atom is 0.253 e. The summed E-state index contributed by atoms with van der Waals surface area (Å²) < 4.78 is 1.10. The van der Waals surface area contributed by atoms with Crippen LogP contribution in [0.3, 0.4) is 0 Å². The van der Waals surface area contributed by atoms with E-state index >= 15 is 0 Å². The maximum absolute atomic E-state index is 12.5. The van der Waals surface area contributed by atoms with Crippen molar-refractivity contribution in [3.8, 4) is 0 Å². The van der Waals surface area contributed by atoms with Crippen molar-refractivity contribution >= 4 is 34.4 Å². The average molecular weight is 401 g/mol. The molecule has 1 aromatic carbocycles. The Kier molecular flexibility index (Phi) is 5.98. The molecule has 3 N–H and O–H groups in total. The number of halogens is 1. The number of hydrogen-bond donors (Lipinski definition) is 2. The lowest BCUT2D eigenvalue weighted by atomic mass is 9.96. The van der Waals surface area contributed by atoms with E-state index in [0.717, 1.165) is 16.4 Å². The van der Waals surface area contributed by atoms with Crippen molar-refractivity contribution in [3.05, 3.63) is 33.4 Å². The molecular weight excluding hydrogens is 381 g/mol. The second kappa shape index (κ2) is 7.74. The van der Waals surface area contributed by atoms with Crippen molar-refractivity contribution in [1.29, 1.82) is 0 Å². The Balaban J connectivity index is 1.98. The normalized spacial score (nSPS) is 18.4. The molecule has 0 saturated carbocycles. The molecule has 0 spiro atoms. The van der Waals surface area contributed by atoms with Gasteiger partial charge in [-0.3, -0.25) is 9.59 Å². The van der Waals surface area contributed by atoms with Crippen LogP contribution in [0, 0.1) is 9.49 Å². The maximum atomic E-state index is 12.5. The van der Waals surface area contributed by atoms with Gasteiger partial charge in [-0.15, -0.1) is 0 Å². The molecule has 0 aromatic heterocycles. The van der Waals surface area contributed by atoms with Crippen LogP contribution in [0.5, 0.6) is 0 Å². The van der Waals surface area contributed by atoms with E-state index in [9.17, 15) is 9.59 Å². The Morgan fingerprint density at radius 1 is 1.33 bits per heavy atom. The van der Waals surface area contributed by atoms with Gasteiger partial charge in [-0.05, 0) is 59.7 Å². The first kappa shape index (κ1) is 16.2. The van der Waals surface area contributed by atoms with E-state index in [0.29, 0.717) is 31.7 Å². The molecule has 2 amide bonds. The van der Waals surface area contributed by atoms with Gasteiger partial charge in [-0.2, -0.15) is 0 Å². The Labute approximate surface area is 138 Å². The number of piperidine rings is 1. The molecule has 1 aliphatic rings. The predicted octanol–water partition coefficient (Wildman–Crippen LogP) is 1.22. The van der Waals surface area contributed by atoms with E-state index in [1.54, 1.807) is 4.90 Å². The predicted molar refractivity (Wildman–Crippen MR) is 89.9 cm³/mol. The molecule has 114 valence electrons. The quantitative estimate of drug-likeness (QED) is 0.746. The summed E-state index contributed by atoms with van der Waals surface area (Å²) in [6.45, 7) is 2.12. The number of carbonyl (C=O) groups is 2. The molecule has 6 heteroatoms. The summed E-state index contributed by atoms with van der Waals surface area (Å²) in [7, 11) is 0. The smallest absolute Gasteiger partial charge is 0.253 e. The van der Waals surface area contributed by atoms with Crippen LogP contribution in [-0.4, -0.2) is 42.9 Å². The van der Waals surface area contributed by atoms with Gasteiger partial charge in [0.15, 0.2) is 0 Å². The summed E-state index contributed by atoms with van der Waals surface area (Å²) in [5.74, 6) is -0.124. The molecule has 0 aliphatic carbocycles. The molecule has 2 rings (SSSR count). The van der Waals surface area contributed by atoms with Crippen LogP contribution in [0.2, 0.25) is 0 Å². The molecule has 1 aromatic rings. The first-order chi connectivity index (χ1) is 10.1. The summed E-state index contributed by atoms with van der Waals surface area (Å²) >= 11 is 2.21. The molecule has 1 saturated heterocycles. The number of hydrogen-bond acceptors (Lipinski definition) is 3. The Morgan fingerprint density at radius 3 is 2.71 bits per heavy atom. The number of rotatable bonds is 4. The molecule has 1 atom stereocenters. The Morgan fingerprint density at radius 2 is 2.05 bits per heavy atom. The van der Waals surface area contributed by atoms with Gasteiger partial charge in [0, 0.05) is 35.3 Å². The van der Waals surface area contributed by atoms with Crippen molar-refractivity contribution < 1.29 is 9.59 Å². The van der Waals surface area contributed by atoms with Gasteiger partial charge in [0.25, 0.3) is 5.91 Å². The monoisotopic (exact) mass is 401 g/mol. The minimum atomic E-state index is -0.127. The topological polar surface area (TPSA) is 75.4 Å². The van der Waals surface area contributed by atoms with Crippen LogP contribution in [-0.2, 0) is 4.79 Å². The molecule has 1 heterocycles. The highest BCUT2D eigenvalue weighted by Crippen LogP contribution is 2.19. The van der Waals surface area contributed by atoms with Crippen molar-refractivity contribution in [1.82, 2.24) is 10.2 Å². The number of amides is 2. The van der Waals surface area contributed by atoms with Crippen molar-refractivity contribution in [2.75, 3.05) is 26.2 Å². The Hall–Kier alpha value is -1.15. The fraction of sp³-hybridized carbons (Fsp3) is 0.467. The van der Waals surface area contributed by atoms with Crippen LogP contribution in [0.4, 0.5) is 0 Å². The zero-order valence-electron chi connectivity index (χ0n) is 11.8. The van der Waals surface area contributed by atoms with Crippen LogP contribution < -0.4 is 11.1 Å². The van der Waals surface area contributed by atoms with Crippen LogP contribution in [0.25, 0.3) is 0 Å². The largest absolute Gasteiger partial charge is 0.355 e. The number of nitrogens with zero attached hydrogens (tertiary/aromatic N) is 1. The van der Waals surface area contributed by atoms with Gasteiger partial charge in [-0.1, -0.05) is 0 Å². The lowest BCUT2D eigenvalue weighted by Crippen LogP contribution is -2.46. The van der Waals surface area contributed by atoms with E-state index in [1.165, 1.54) is 0 Å². The van der Waals surface area contributed by atoms with Crippen molar-refractivity contribution in [2.45, 2.75) is 12.8 Å². The SMILES string of the molecule is NCCNC(=O)C1CCCN(C(=O)c2ccc(I)cc2)C1. The summed E-state index contributed by atoms with van der Waals surface area (Å²) in [6, 6.07) is 7.51. The van der Waals surface area contributed by atoms with Crippen molar-refractivity contribution in [2.24, 2.45) is 11.7 Å². The molecule has 0 radical (unpaired) electrons. The zero-order valence-corrected chi connectivity index (χ0v) is 14.0. The lowest BCUT2D eigenvalue weighted by molar-refractivity contribution is -0.126. The van der Waals surface area contributed by atoms with Gasteiger partial charge in [0.1, 0.15) is 0 Å². The van der Waals surface area contributed by atoms with E-state index < -0.39 is 0 Å². The molecular formula is C15H20IN3O2. The van der Waals surface area contributed by atoms with E-state index in [-0.39, 0.29) is 17.7 Å². The molecule has 5 nitrogen and oxygen atoms in total. The van der Waals surface area contributed by atoms with Gasteiger partial charge >= 0.3 is 0 Å². The van der Waals surface area contributed by atoms with Crippen molar-refractivity contribution in [3.63, 3.8) is 0 Å². The fourth-order valence-corrected chi connectivity index (χ4v) is 2.85. The first-order valence-electron chi connectivity index (χ1n) is 7.14. The average Bonchev–Trinajstić information content (AvgIpc) is 2.52.